The second-order valence-electron chi connectivity index (χ2n) is 5.60. The van der Waals surface area contributed by atoms with E-state index in [0.29, 0.717) is 29.7 Å². The first-order valence-electron chi connectivity index (χ1n) is 7.97. The van der Waals surface area contributed by atoms with Crippen LogP contribution in [0.15, 0.2) is 64.1 Å². The molecule has 5 rings (SSSR count). The van der Waals surface area contributed by atoms with E-state index in [1.165, 1.54) is 6.33 Å². The summed E-state index contributed by atoms with van der Waals surface area (Å²) < 4.78 is 11.2. The van der Waals surface area contributed by atoms with Crippen molar-refractivity contribution in [3.63, 3.8) is 0 Å². The van der Waals surface area contributed by atoms with Gasteiger partial charge in [-0.3, -0.25) is 4.98 Å². The lowest BCUT2D eigenvalue weighted by Gasteiger charge is -2.01. The normalized spacial score (nSPS) is 11.2. The molecule has 0 amide bonds. The number of pyridine rings is 1. The van der Waals surface area contributed by atoms with Crippen LogP contribution in [0.3, 0.4) is 0 Å². The molecule has 0 saturated carbocycles. The van der Waals surface area contributed by atoms with Crippen molar-refractivity contribution in [2.75, 3.05) is 5.32 Å². The van der Waals surface area contributed by atoms with E-state index in [-0.39, 0.29) is 0 Å². The largest absolute Gasteiger partial charge is 0.450 e. The minimum atomic E-state index is 0.321. The minimum Gasteiger partial charge on any atom is -0.450 e. The maximum Gasteiger partial charge on any atom is 0.246 e. The second kappa shape index (κ2) is 5.92. The van der Waals surface area contributed by atoms with E-state index in [1.807, 2.05) is 36.4 Å². The van der Waals surface area contributed by atoms with Crippen molar-refractivity contribution in [3.05, 3.63) is 61.0 Å². The zero-order valence-corrected chi connectivity index (χ0v) is 13.5. The molecule has 0 aliphatic carbocycles. The quantitative estimate of drug-likeness (QED) is 0.529. The summed E-state index contributed by atoms with van der Waals surface area (Å²) in [4.78, 5) is 16.9. The van der Waals surface area contributed by atoms with Crippen LogP contribution in [0.5, 0.6) is 0 Å². The Morgan fingerprint density at radius 1 is 1.00 bits per heavy atom. The highest BCUT2D eigenvalue weighted by molar-refractivity contribution is 6.05. The Labute approximate surface area is 146 Å². The van der Waals surface area contributed by atoms with Crippen LogP contribution in [-0.4, -0.2) is 25.1 Å². The summed E-state index contributed by atoms with van der Waals surface area (Å²) in [5.41, 5.74) is 2.98. The Morgan fingerprint density at radius 2 is 1.88 bits per heavy atom. The van der Waals surface area contributed by atoms with Crippen LogP contribution in [0.2, 0.25) is 0 Å². The Bertz CT molecular complexity index is 1200. The summed E-state index contributed by atoms with van der Waals surface area (Å²) in [6, 6.07) is 11.4. The Balaban J connectivity index is 1.43. The van der Waals surface area contributed by atoms with Crippen molar-refractivity contribution in [1.29, 1.82) is 0 Å². The van der Waals surface area contributed by atoms with Gasteiger partial charge in [0.05, 0.1) is 6.54 Å². The average Bonchev–Trinajstić information content (AvgIpc) is 3.32. The Hall–Kier alpha value is -3.81. The summed E-state index contributed by atoms with van der Waals surface area (Å²) in [6.45, 7) is 0.321. The van der Waals surface area contributed by atoms with Crippen molar-refractivity contribution >= 4 is 27.9 Å². The predicted octanol–water partition coefficient (Wildman–Crippen LogP) is 3.43. The maximum atomic E-state index is 5.89. The van der Waals surface area contributed by atoms with E-state index in [4.69, 9.17) is 8.94 Å². The molecule has 5 aromatic rings. The summed E-state index contributed by atoms with van der Waals surface area (Å²) in [6.07, 6.45) is 4.87. The van der Waals surface area contributed by atoms with E-state index in [9.17, 15) is 0 Å². The highest BCUT2D eigenvalue weighted by atomic mass is 16.5. The Kier molecular flexibility index (Phi) is 3.31. The first kappa shape index (κ1) is 14.5. The van der Waals surface area contributed by atoms with Crippen molar-refractivity contribution in [2.24, 2.45) is 0 Å². The van der Waals surface area contributed by atoms with Crippen LogP contribution in [0.25, 0.3) is 33.5 Å². The van der Waals surface area contributed by atoms with Crippen molar-refractivity contribution in [1.82, 2.24) is 25.1 Å². The fraction of sp³-hybridized carbons (Fsp3) is 0.0556. The molecule has 8 nitrogen and oxygen atoms in total. The lowest BCUT2D eigenvalue weighted by atomic mass is 10.2. The number of aromatic nitrogens is 5. The first-order valence-corrected chi connectivity index (χ1v) is 7.97. The average molecular weight is 344 g/mol. The van der Waals surface area contributed by atoms with Crippen LogP contribution in [-0.2, 0) is 6.54 Å². The van der Waals surface area contributed by atoms with Crippen molar-refractivity contribution < 1.29 is 8.94 Å². The number of hydrogen-bond acceptors (Lipinski definition) is 8. The van der Waals surface area contributed by atoms with Gasteiger partial charge in [-0.2, -0.15) is 4.98 Å². The van der Waals surface area contributed by atoms with Gasteiger partial charge >= 0.3 is 0 Å². The smallest absolute Gasteiger partial charge is 0.246 e. The monoisotopic (exact) mass is 344 g/mol. The number of fused-ring (bicyclic) bond motifs is 3. The van der Waals surface area contributed by atoms with Crippen LogP contribution >= 0.6 is 0 Å². The van der Waals surface area contributed by atoms with E-state index < -0.39 is 0 Å². The second-order valence-corrected chi connectivity index (χ2v) is 5.60. The Morgan fingerprint density at radius 3 is 2.81 bits per heavy atom. The van der Waals surface area contributed by atoms with Gasteiger partial charge in [-0.1, -0.05) is 17.3 Å². The van der Waals surface area contributed by atoms with Gasteiger partial charge in [0.15, 0.2) is 11.4 Å². The molecular formula is C18H12N6O2. The van der Waals surface area contributed by atoms with Crippen molar-refractivity contribution in [3.8, 4) is 11.4 Å². The number of nitrogens with zero attached hydrogens (tertiary/aromatic N) is 5. The van der Waals surface area contributed by atoms with Gasteiger partial charge in [-0.05, 0) is 24.3 Å². The number of nitrogens with one attached hydrogen (secondary N) is 1. The SMILES string of the molecule is c1ccc2c(c1)oc1c(NCc3nc(-c4ccncc4)no3)ncnc12. The molecule has 0 saturated heterocycles. The lowest BCUT2D eigenvalue weighted by molar-refractivity contribution is 0.384. The molecule has 0 atom stereocenters. The third-order valence-corrected chi connectivity index (χ3v) is 3.97. The van der Waals surface area contributed by atoms with Crippen LogP contribution in [0.4, 0.5) is 5.82 Å². The van der Waals surface area contributed by atoms with Gasteiger partial charge in [0.1, 0.15) is 17.4 Å². The molecule has 8 heteroatoms. The number of para-hydroxylation sites is 1. The molecule has 0 fully saturated rings. The molecule has 0 aliphatic rings. The zero-order chi connectivity index (χ0) is 17.3. The number of anilines is 1. The zero-order valence-electron chi connectivity index (χ0n) is 13.5. The molecule has 4 aromatic heterocycles. The molecule has 0 spiro atoms. The van der Waals surface area contributed by atoms with Gasteiger partial charge in [-0.15, -0.1) is 0 Å². The molecule has 0 bridgehead atoms. The van der Waals surface area contributed by atoms with Gasteiger partial charge in [0.25, 0.3) is 0 Å². The molecular weight excluding hydrogens is 332 g/mol. The molecule has 1 aromatic carbocycles. The minimum absolute atomic E-state index is 0.321. The molecule has 1 N–H and O–H groups in total. The molecule has 0 radical (unpaired) electrons. The van der Waals surface area contributed by atoms with E-state index in [1.54, 1.807) is 12.4 Å². The summed E-state index contributed by atoms with van der Waals surface area (Å²) in [5.74, 6) is 1.54. The summed E-state index contributed by atoms with van der Waals surface area (Å²) in [7, 11) is 0. The van der Waals surface area contributed by atoms with Gasteiger partial charge in [-0.25, -0.2) is 9.97 Å². The highest BCUT2D eigenvalue weighted by Crippen LogP contribution is 2.30. The first-order chi connectivity index (χ1) is 12.9. The van der Waals surface area contributed by atoms with E-state index in [2.05, 4.69) is 30.4 Å². The van der Waals surface area contributed by atoms with Gasteiger partial charge < -0.3 is 14.3 Å². The number of hydrogen-bond donors (Lipinski definition) is 1. The van der Waals surface area contributed by atoms with Crippen LogP contribution < -0.4 is 5.32 Å². The van der Waals surface area contributed by atoms with Gasteiger partial charge in [0.2, 0.25) is 11.7 Å². The standard InChI is InChI=1S/C18H12N6O2/c1-2-4-13-12(3-1)15-16(25-13)18(22-10-21-15)20-9-14-23-17(24-26-14)11-5-7-19-8-6-11/h1-8,10H,9H2,(H,20,21,22). The van der Waals surface area contributed by atoms with Crippen LogP contribution in [0, 0.1) is 0 Å². The number of rotatable bonds is 4. The topological polar surface area (TPSA) is 103 Å². The number of benzene rings is 1. The van der Waals surface area contributed by atoms with E-state index >= 15 is 0 Å². The molecule has 0 unspecified atom stereocenters. The fourth-order valence-corrected chi connectivity index (χ4v) is 2.75. The van der Waals surface area contributed by atoms with E-state index in [0.717, 1.165) is 22.0 Å². The molecule has 0 aliphatic heterocycles. The molecule has 126 valence electrons. The maximum absolute atomic E-state index is 5.89. The molecule has 26 heavy (non-hydrogen) atoms. The summed E-state index contributed by atoms with van der Waals surface area (Å²) in [5, 5.41) is 8.11. The fourth-order valence-electron chi connectivity index (χ4n) is 2.75. The van der Waals surface area contributed by atoms with Gasteiger partial charge in [0, 0.05) is 23.3 Å². The highest BCUT2D eigenvalue weighted by Gasteiger charge is 2.14. The number of furan rings is 1. The summed E-state index contributed by atoms with van der Waals surface area (Å²) >= 11 is 0. The third kappa shape index (κ3) is 2.44. The lowest BCUT2D eigenvalue weighted by Crippen LogP contribution is -2.02. The molecule has 4 heterocycles. The third-order valence-electron chi connectivity index (χ3n) is 3.97. The predicted molar refractivity (Wildman–Crippen MR) is 94.2 cm³/mol. The van der Waals surface area contributed by atoms with Crippen molar-refractivity contribution in [2.45, 2.75) is 6.54 Å². The van der Waals surface area contributed by atoms with Crippen LogP contribution in [0.1, 0.15) is 5.89 Å².